The lowest BCUT2D eigenvalue weighted by Crippen LogP contribution is -2.69. The second kappa shape index (κ2) is 4.74. The Morgan fingerprint density at radius 2 is 1.65 bits per heavy atom. The average molecular weight is 278 g/mol. The van der Waals surface area contributed by atoms with E-state index in [0.717, 1.165) is 25.7 Å². The van der Waals surface area contributed by atoms with Crippen LogP contribution in [0, 0.1) is 11.3 Å². The van der Waals surface area contributed by atoms with Crippen molar-refractivity contribution in [3.8, 4) is 0 Å². The summed E-state index contributed by atoms with van der Waals surface area (Å²) in [4.78, 5) is 27.5. The minimum absolute atomic E-state index is 0.0564. The van der Waals surface area contributed by atoms with Crippen LogP contribution in [-0.4, -0.2) is 34.8 Å². The molecule has 1 heterocycles. The van der Waals surface area contributed by atoms with E-state index in [9.17, 15) is 9.59 Å². The molecule has 0 spiro atoms. The normalized spacial score (nSPS) is 32.6. The number of hydrogen-bond donors (Lipinski definition) is 1. The Kier molecular flexibility index (Phi) is 3.30. The highest BCUT2D eigenvalue weighted by Gasteiger charge is 2.52. The van der Waals surface area contributed by atoms with Gasteiger partial charge in [-0.25, -0.2) is 0 Å². The highest BCUT2D eigenvalue weighted by atomic mass is 16.2. The van der Waals surface area contributed by atoms with Crippen LogP contribution in [0.4, 0.5) is 0 Å². The fourth-order valence-electron chi connectivity index (χ4n) is 3.84. The van der Waals surface area contributed by atoms with E-state index in [0.29, 0.717) is 5.92 Å². The summed E-state index contributed by atoms with van der Waals surface area (Å²) in [5.41, 5.74) is -0.211. The molecule has 4 heteroatoms. The molecule has 3 fully saturated rings. The number of rotatable bonds is 2. The van der Waals surface area contributed by atoms with Gasteiger partial charge in [-0.15, -0.1) is 0 Å². The van der Waals surface area contributed by atoms with Gasteiger partial charge in [-0.2, -0.15) is 0 Å². The quantitative estimate of drug-likeness (QED) is 0.840. The molecule has 1 aliphatic heterocycles. The van der Waals surface area contributed by atoms with Crippen LogP contribution in [0.2, 0.25) is 0 Å². The molecule has 0 aromatic heterocycles. The van der Waals surface area contributed by atoms with Gasteiger partial charge in [-0.1, -0.05) is 33.6 Å². The smallest absolute Gasteiger partial charge is 0.246 e. The van der Waals surface area contributed by atoms with Gasteiger partial charge in [0.1, 0.15) is 12.1 Å². The zero-order chi connectivity index (χ0) is 14.5. The largest absolute Gasteiger partial charge is 0.342 e. The SMILES string of the molecule is CC(C)(C)C1C(=O)NC(C2CC2)C(=O)N1C1CCCC1. The number of amides is 2. The van der Waals surface area contributed by atoms with Crippen LogP contribution in [0.25, 0.3) is 0 Å². The van der Waals surface area contributed by atoms with Crippen LogP contribution in [0.3, 0.4) is 0 Å². The molecule has 2 atom stereocenters. The number of nitrogens with one attached hydrogen (secondary N) is 1. The van der Waals surface area contributed by atoms with E-state index in [2.05, 4.69) is 26.1 Å². The van der Waals surface area contributed by atoms with E-state index >= 15 is 0 Å². The van der Waals surface area contributed by atoms with Gasteiger partial charge in [-0.05, 0) is 37.0 Å². The third kappa shape index (κ3) is 2.33. The number of hydrogen-bond acceptors (Lipinski definition) is 2. The Balaban J connectivity index is 1.91. The Morgan fingerprint density at radius 1 is 1.05 bits per heavy atom. The summed E-state index contributed by atoms with van der Waals surface area (Å²) in [6, 6.07) is -0.283. The van der Waals surface area contributed by atoms with Gasteiger partial charge in [0.2, 0.25) is 11.8 Å². The lowest BCUT2D eigenvalue weighted by molar-refractivity contribution is -0.157. The number of piperazine rings is 1. The minimum Gasteiger partial charge on any atom is -0.342 e. The van der Waals surface area contributed by atoms with Crippen LogP contribution in [0.5, 0.6) is 0 Å². The van der Waals surface area contributed by atoms with E-state index < -0.39 is 0 Å². The van der Waals surface area contributed by atoms with Crippen LogP contribution < -0.4 is 5.32 Å². The molecule has 2 aliphatic carbocycles. The fraction of sp³-hybridized carbons (Fsp3) is 0.875. The second-order valence-corrected chi connectivity index (χ2v) is 7.78. The molecule has 0 bridgehead atoms. The molecule has 112 valence electrons. The summed E-state index contributed by atoms with van der Waals surface area (Å²) in [5.74, 6) is 0.621. The summed E-state index contributed by atoms with van der Waals surface area (Å²) in [6.45, 7) is 6.18. The lowest BCUT2D eigenvalue weighted by Gasteiger charge is -2.47. The fourth-order valence-corrected chi connectivity index (χ4v) is 3.84. The van der Waals surface area contributed by atoms with Gasteiger partial charge in [0.25, 0.3) is 0 Å². The third-order valence-electron chi connectivity index (χ3n) is 4.98. The first kappa shape index (κ1) is 13.9. The van der Waals surface area contributed by atoms with Crippen molar-refractivity contribution in [2.24, 2.45) is 11.3 Å². The van der Waals surface area contributed by atoms with Crippen molar-refractivity contribution >= 4 is 11.8 Å². The molecule has 4 nitrogen and oxygen atoms in total. The maximum Gasteiger partial charge on any atom is 0.246 e. The third-order valence-corrected chi connectivity index (χ3v) is 4.98. The van der Waals surface area contributed by atoms with E-state index in [-0.39, 0.29) is 35.4 Å². The van der Waals surface area contributed by atoms with Gasteiger partial charge in [0, 0.05) is 6.04 Å². The topological polar surface area (TPSA) is 49.4 Å². The first-order chi connectivity index (χ1) is 9.39. The van der Waals surface area contributed by atoms with Crippen molar-refractivity contribution in [1.82, 2.24) is 10.2 Å². The summed E-state index contributed by atoms with van der Waals surface area (Å²) in [5, 5.41) is 3.01. The Bertz CT molecular complexity index is 417. The number of carbonyl (C=O) groups excluding carboxylic acids is 2. The van der Waals surface area contributed by atoms with E-state index in [1.807, 2.05) is 4.90 Å². The van der Waals surface area contributed by atoms with Crippen molar-refractivity contribution in [2.75, 3.05) is 0 Å². The van der Waals surface area contributed by atoms with Gasteiger partial charge in [0.15, 0.2) is 0 Å². The van der Waals surface area contributed by atoms with Gasteiger partial charge < -0.3 is 10.2 Å². The molecule has 0 aromatic rings. The monoisotopic (exact) mass is 278 g/mol. The van der Waals surface area contributed by atoms with Gasteiger partial charge in [-0.3, -0.25) is 9.59 Å². The number of nitrogens with zero attached hydrogens (tertiary/aromatic N) is 1. The van der Waals surface area contributed by atoms with E-state index in [1.165, 1.54) is 12.8 Å². The molecule has 0 aromatic carbocycles. The first-order valence-corrected chi connectivity index (χ1v) is 8.02. The maximum atomic E-state index is 12.9. The summed E-state index contributed by atoms with van der Waals surface area (Å²) in [6.07, 6.45) is 6.64. The molecule has 20 heavy (non-hydrogen) atoms. The Labute approximate surface area is 121 Å². The molecule has 2 amide bonds. The van der Waals surface area contributed by atoms with Crippen molar-refractivity contribution in [1.29, 1.82) is 0 Å². The van der Waals surface area contributed by atoms with Crippen LogP contribution in [0.15, 0.2) is 0 Å². The molecule has 1 N–H and O–H groups in total. The molecule has 2 unspecified atom stereocenters. The highest BCUT2D eigenvalue weighted by molar-refractivity contribution is 5.98. The molecular formula is C16H26N2O2. The predicted molar refractivity (Wildman–Crippen MR) is 77.0 cm³/mol. The van der Waals surface area contributed by atoms with Crippen molar-refractivity contribution in [2.45, 2.75) is 77.4 Å². The van der Waals surface area contributed by atoms with Crippen LogP contribution >= 0.6 is 0 Å². The lowest BCUT2D eigenvalue weighted by atomic mass is 9.81. The zero-order valence-electron chi connectivity index (χ0n) is 12.8. The molecule has 1 saturated heterocycles. The van der Waals surface area contributed by atoms with Crippen LogP contribution in [-0.2, 0) is 9.59 Å². The Hall–Kier alpha value is -1.06. The van der Waals surface area contributed by atoms with Gasteiger partial charge in [0.05, 0.1) is 0 Å². The second-order valence-electron chi connectivity index (χ2n) is 7.78. The summed E-state index contributed by atoms with van der Waals surface area (Å²) in [7, 11) is 0. The Morgan fingerprint density at radius 3 is 2.15 bits per heavy atom. The van der Waals surface area contributed by atoms with E-state index in [4.69, 9.17) is 0 Å². The molecule has 2 saturated carbocycles. The molecule has 0 radical (unpaired) electrons. The molecule has 3 rings (SSSR count). The first-order valence-electron chi connectivity index (χ1n) is 8.02. The number of carbonyl (C=O) groups is 2. The van der Waals surface area contributed by atoms with E-state index in [1.54, 1.807) is 0 Å². The highest BCUT2D eigenvalue weighted by Crippen LogP contribution is 2.40. The van der Waals surface area contributed by atoms with Gasteiger partial charge >= 0.3 is 0 Å². The van der Waals surface area contributed by atoms with Crippen LogP contribution in [0.1, 0.15) is 59.3 Å². The van der Waals surface area contributed by atoms with Crippen molar-refractivity contribution < 1.29 is 9.59 Å². The van der Waals surface area contributed by atoms with Crippen molar-refractivity contribution in [3.05, 3.63) is 0 Å². The predicted octanol–water partition coefficient (Wildman–Crippen LogP) is 2.08. The molecule has 3 aliphatic rings. The minimum atomic E-state index is -0.312. The summed E-state index contributed by atoms with van der Waals surface area (Å²) < 4.78 is 0. The maximum absolute atomic E-state index is 12.9. The standard InChI is InChI=1S/C16H26N2O2/c1-16(2,3)13-14(19)17-12(10-8-9-10)15(20)18(13)11-6-4-5-7-11/h10-13H,4-9H2,1-3H3,(H,17,19). The van der Waals surface area contributed by atoms with Crippen molar-refractivity contribution in [3.63, 3.8) is 0 Å². The summed E-state index contributed by atoms with van der Waals surface area (Å²) >= 11 is 0. The molecular weight excluding hydrogens is 252 g/mol. The average Bonchev–Trinajstić information content (AvgIpc) is 3.05. The zero-order valence-corrected chi connectivity index (χ0v) is 12.8.